The van der Waals surface area contributed by atoms with Crippen molar-refractivity contribution in [2.45, 2.75) is 38.1 Å². The fourth-order valence-corrected chi connectivity index (χ4v) is 3.52. The third-order valence-electron chi connectivity index (χ3n) is 4.81. The predicted molar refractivity (Wildman–Crippen MR) is 94.2 cm³/mol. The van der Waals surface area contributed by atoms with E-state index in [0.29, 0.717) is 13.1 Å². The first kappa shape index (κ1) is 16.8. The quantitative estimate of drug-likeness (QED) is 0.876. The zero-order valence-electron chi connectivity index (χ0n) is 14.0. The smallest absolute Gasteiger partial charge is 0.322 e. The first-order valence-corrected chi connectivity index (χ1v) is 8.90. The largest absolute Gasteiger partial charge is 0.330 e. The van der Waals surface area contributed by atoms with Crippen LogP contribution in [0.4, 0.5) is 15.3 Å². The van der Waals surface area contributed by atoms with Gasteiger partial charge in [0.1, 0.15) is 0 Å². The summed E-state index contributed by atoms with van der Waals surface area (Å²) in [5, 5.41) is 5.80. The molecule has 0 bridgehead atoms. The lowest BCUT2D eigenvalue weighted by molar-refractivity contribution is 0.188. The molecule has 2 aliphatic rings. The summed E-state index contributed by atoms with van der Waals surface area (Å²) in [5.41, 5.74) is 0.856. The number of amides is 4. The van der Waals surface area contributed by atoms with E-state index in [1.165, 1.54) is 6.42 Å². The molecule has 0 radical (unpaired) electrons. The van der Waals surface area contributed by atoms with Gasteiger partial charge in [0.05, 0.1) is 0 Å². The predicted octanol–water partition coefficient (Wildman–Crippen LogP) is 2.56. The van der Waals surface area contributed by atoms with Gasteiger partial charge < -0.3 is 10.2 Å². The number of para-hydroxylation sites is 1. The Morgan fingerprint density at radius 1 is 1.04 bits per heavy atom. The van der Waals surface area contributed by atoms with E-state index in [4.69, 9.17) is 0 Å². The number of carbonyl (C=O) groups excluding carboxylic acids is 2. The number of nitrogens with one attached hydrogen (secondary N) is 2. The van der Waals surface area contributed by atoms with E-state index in [1.54, 1.807) is 9.80 Å². The minimum Gasteiger partial charge on any atom is -0.322 e. The Balaban J connectivity index is 1.71. The molecule has 0 atom stereocenters. The lowest BCUT2D eigenvalue weighted by atomic mass is 9.94. The van der Waals surface area contributed by atoms with Gasteiger partial charge in [-0.25, -0.2) is 9.59 Å². The lowest BCUT2D eigenvalue weighted by Gasteiger charge is -2.35. The third-order valence-corrected chi connectivity index (χ3v) is 4.81. The number of hydrogen-bond donors (Lipinski definition) is 2. The molecule has 1 aromatic carbocycles. The second kappa shape index (κ2) is 8.15. The monoisotopic (exact) mass is 330 g/mol. The highest BCUT2D eigenvalue weighted by molar-refractivity contribution is 6.02. The lowest BCUT2D eigenvalue weighted by Crippen LogP contribution is -2.55. The first-order valence-electron chi connectivity index (χ1n) is 8.90. The van der Waals surface area contributed by atoms with Crippen molar-refractivity contribution in [1.29, 1.82) is 0 Å². The summed E-state index contributed by atoms with van der Waals surface area (Å²) in [6.45, 7) is 2.81. The van der Waals surface area contributed by atoms with Crippen molar-refractivity contribution in [1.82, 2.24) is 15.5 Å². The Bertz CT molecular complexity index is 551. The number of nitrogens with zero attached hydrogens (tertiary/aromatic N) is 2. The van der Waals surface area contributed by atoms with Crippen LogP contribution in [-0.2, 0) is 0 Å². The second-order valence-electron chi connectivity index (χ2n) is 6.47. The zero-order valence-corrected chi connectivity index (χ0v) is 14.0. The number of rotatable bonds is 2. The van der Waals surface area contributed by atoms with Crippen LogP contribution in [0.5, 0.6) is 0 Å². The maximum Gasteiger partial charge on any atom is 0.330 e. The summed E-state index contributed by atoms with van der Waals surface area (Å²) in [5.74, 6) is 0. The van der Waals surface area contributed by atoms with Crippen LogP contribution in [0.2, 0.25) is 0 Å². The summed E-state index contributed by atoms with van der Waals surface area (Å²) >= 11 is 0. The molecule has 2 N–H and O–H groups in total. The summed E-state index contributed by atoms with van der Waals surface area (Å²) in [6.07, 6.45) is 5.47. The summed E-state index contributed by atoms with van der Waals surface area (Å²) < 4.78 is 0. The molecule has 0 unspecified atom stereocenters. The number of carbonyl (C=O) groups is 2. The topological polar surface area (TPSA) is 64.7 Å². The molecule has 1 saturated heterocycles. The van der Waals surface area contributed by atoms with Gasteiger partial charge in [0.25, 0.3) is 0 Å². The van der Waals surface area contributed by atoms with Crippen LogP contribution in [0.3, 0.4) is 0 Å². The number of urea groups is 2. The maximum atomic E-state index is 12.8. The highest BCUT2D eigenvalue weighted by atomic mass is 16.2. The molecule has 1 heterocycles. The van der Waals surface area contributed by atoms with Gasteiger partial charge in [-0.2, -0.15) is 0 Å². The fourth-order valence-electron chi connectivity index (χ4n) is 3.52. The number of imide groups is 1. The van der Waals surface area contributed by atoms with Crippen molar-refractivity contribution in [2.75, 3.05) is 31.1 Å². The first-order chi connectivity index (χ1) is 11.8. The Morgan fingerprint density at radius 2 is 1.71 bits per heavy atom. The molecule has 1 aromatic rings. The van der Waals surface area contributed by atoms with Crippen molar-refractivity contribution >= 4 is 17.7 Å². The summed E-state index contributed by atoms with van der Waals surface area (Å²) in [4.78, 5) is 28.7. The average molecular weight is 330 g/mol. The molecule has 0 spiro atoms. The Labute approximate surface area is 143 Å². The average Bonchev–Trinajstić information content (AvgIpc) is 2.64. The van der Waals surface area contributed by atoms with E-state index in [9.17, 15) is 9.59 Å². The van der Waals surface area contributed by atoms with E-state index in [1.807, 2.05) is 30.3 Å². The van der Waals surface area contributed by atoms with Crippen LogP contribution in [0.1, 0.15) is 32.1 Å². The fraction of sp³-hybridized carbons (Fsp3) is 0.556. The Kier molecular flexibility index (Phi) is 5.69. The number of hydrogen-bond acceptors (Lipinski definition) is 3. The SMILES string of the molecule is O=C(NC(=O)N(c1ccccc1)C1CCCCC1)N1CCNCC1. The molecule has 6 heteroatoms. The van der Waals surface area contributed by atoms with E-state index >= 15 is 0 Å². The van der Waals surface area contributed by atoms with Crippen LogP contribution < -0.4 is 15.5 Å². The van der Waals surface area contributed by atoms with Gasteiger partial charge in [0.2, 0.25) is 0 Å². The van der Waals surface area contributed by atoms with Crippen LogP contribution in [0.25, 0.3) is 0 Å². The van der Waals surface area contributed by atoms with Crippen LogP contribution in [0, 0.1) is 0 Å². The van der Waals surface area contributed by atoms with E-state index in [0.717, 1.165) is 44.5 Å². The molecule has 6 nitrogen and oxygen atoms in total. The second-order valence-corrected chi connectivity index (χ2v) is 6.47. The minimum absolute atomic E-state index is 0.164. The van der Waals surface area contributed by atoms with Gasteiger partial charge >= 0.3 is 12.1 Å². The molecule has 0 aromatic heterocycles. The van der Waals surface area contributed by atoms with Crippen LogP contribution >= 0.6 is 0 Å². The van der Waals surface area contributed by atoms with Gasteiger partial charge in [0.15, 0.2) is 0 Å². The number of anilines is 1. The van der Waals surface area contributed by atoms with Gasteiger partial charge in [-0.05, 0) is 25.0 Å². The normalized spacial score (nSPS) is 18.9. The maximum absolute atomic E-state index is 12.8. The molecule has 2 fully saturated rings. The van der Waals surface area contributed by atoms with E-state index in [2.05, 4.69) is 10.6 Å². The van der Waals surface area contributed by atoms with E-state index < -0.39 is 0 Å². The number of benzene rings is 1. The molecule has 130 valence electrons. The van der Waals surface area contributed by atoms with Crippen molar-refractivity contribution in [2.24, 2.45) is 0 Å². The molecular formula is C18H26N4O2. The molecule has 1 aliphatic carbocycles. The summed E-state index contributed by atoms with van der Waals surface area (Å²) in [6, 6.07) is 9.22. The molecule has 3 rings (SSSR count). The van der Waals surface area contributed by atoms with Gasteiger partial charge in [0, 0.05) is 37.9 Å². The Hall–Kier alpha value is -2.08. The van der Waals surface area contributed by atoms with Crippen molar-refractivity contribution in [3.8, 4) is 0 Å². The molecule has 24 heavy (non-hydrogen) atoms. The highest BCUT2D eigenvalue weighted by Gasteiger charge is 2.29. The number of piperazine rings is 1. The van der Waals surface area contributed by atoms with E-state index in [-0.39, 0.29) is 18.1 Å². The minimum atomic E-state index is -0.309. The molecule has 4 amide bonds. The van der Waals surface area contributed by atoms with Crippen molar-refractivity contribution in [3.63, 3.8) is 0 Å². The Morgan fingerprint density at radius 3 is 2.38 bits per heavy atom. The van der Waals surface area contributed by atoms with Gasteiger partial charge in [-0.15, -0.1) is 0 Å². The van der Waals surface area contributed by atoms with Gasteiger partial charge in [-0.1, -0.05) is 37.5 Å². The zero-order chi connectivity index (χ0) is 16.8. The third kappa shape index (κ3) is 4.06. The molecule has 1 aliphatic heterocycles. The highest BCUT2D eigenvalue weighted by Crippen LogP contribution is 2.27. The summed E-state index contributed by atoms with van der Waals surface area (Å²) in [7, 11) is 0. The molecule has 1 saturated carbocycles. The van der Waals surface area contributed by atoms with Crippen LogP contribution in [0.15, 0.2) is 30.3 Å². The standard InChI is InChI=1S/C18H26N4O2/c23-17(21-13-11-19-12-14-21)20-18(24)22(15-7-3-1-4-8-15)16-9-5-2-6-10-16/h1,3-4,7-8,16,19H,2,5-6,9-14H2,(H,20,23,24). The van der Waals surface area contributed by atoms with Gasteiger partial charge in [-0.3, -0.25) is 10.2 Å². The van der Waals surface area contributed by atoms with Crippen molar-refractivity contribution < 1.29 is 9.59 Å². The van der Waals surface area contributed by atoms with Crippen LogP contribution in [-0.4, -0.2) is 49.2 Å². The molecular weight excluding hydrogens is 304 g/mol. The van der Waals surface area contributed by atoms with Crippen molar-refractivity contribution in [3.05, 3.63) is 30.3 Å².